The summed E-state index contributed by atoms with van der Waals surface area (Å²) < 4.78 is 0. The summed E-state index contributed by atoms with van der Waals surface area (Å²) in [4.78, 5) is 4.44. The highest BCUT2D eigenvalue weighted by molar-refractivity contribution is 8.14. The first kappa shape index (κ1) is 9.90. The van der Waals surface area contributed by atoms with Crippen molar-refractivity contribution < 1.29 is 0 Å². The summed E-state index contributed by atoms with van der Waals surface area (Å²) in [5.41, 5.74) is 0. The summed E-state index contributed by atoms with van der Waals surface area (Å²) in [6.45, 7) is 7.61. The Kier molecular flexibility index (Phi) is 3.92. The molecule has 2 nitrogen and oxygen atoms in total. The lowest BCUT2D eigenvalue weighted by molar-refractivity contribution is 0.646. The molecule has 0 amide bonds. The Morgan fingerprint density at radius 1 is 1.67 bits per heavy atom. The summed E-state index contributed by atoms with van der Waals surface area (Å²) >= 11 is 1.89. The lowest BCUT2D eigenvalue weighted by Gasteiger charge is -2.12. The second-order valence-electron chi connectivity index (χ2n) is 3.25. The first-order valence-corrected chi connectivity index (χ1v) is 5.61. The maximum Gasteiger partial charge on any atom is 0.157 e. The average molecular weight is 186 g/mol. The third-order valence-electron chi connectivity index (χ3n) is 2.15. The van der Waals surface area contributed by atoms with Crippen LogP contribution in [0.15, 0.2) is 4.99 Å². The Labute approximate surface area is 79.2 Å². The molecule has 0 radical (unpaired) electrons. The molecule has 2 atom stereocenters. The van der Waals surface area contributed by atoms with Gasteiger partial charge in [-0.2, -0.15) is 0 Å². The van der Waals surface area contributed by atoms with E-state index in [2.05, 4.69) is 31.1 Å². The molecule has 0 aromatic carbocycles. The normalized spacial score (nSPS) is 25.2. The molecule has 70 valence electrons. The van der Waals surface area contributed by atoms with Crippen molar-refractivity contribution in [1.82, 2.24) is 5.32 Å². The van der Waals surface area contributed by atoms with Crippen LogP contribution in [0.25, 0.3) is 0 Å². The molecular formula is C9H18N2S. The predicted octanol–water partition coefficient (Wildman–Crippen LogP) is 2.26. The van der Waals surface area contributed by atoms with E-state index >= 15 is 0 Å². The molecule has 0 saturated carbocycles. The monoisotopic (exact) mass is 186 g/mol. The zero-order chi connectivity index (χ0) is 8.97. The minimum absolute atomic E-state index is 0.562. The van der Waals surface area contributed by atoms with Crippen LogP contribution in [0, 0.1) is 0 Å². The Balaban J connectivity index is 2.27. The van der Waals surface area contributed by atoms with E-state index in [0.29, 0.717) is 6.04 Å². The molecule has 1 rings (SSSR count). The molecule has 0 aromatic rings. The predicted molar refractivity (Wildman–Crippen MR) is 56.9 cm³/mol. The van der Waals surface area contributed by atoms with E-state index in [4.69, 9.17) is 0 Å². The second kappa shape index (κ2) is 4.75. The highest BCUT2D eigenvalue weighted by atomic mass is 32.2. The van der Waals surface area contributed by atoms with E-state index in [0.717, 1.165) is 23.4 Å². The molecule has 1 aliphatic heterocycles. The van der Waals surface area contributed by atoms with Gasteiger partial charge in [-0.25, -0.2) is 0 Å². The van der Waals surface area contributed by atoms with Gasteiger partial charge in [-0.05, 0) is 19.8 Å². The molecule has 1 heterocycles. The maximum absolute atomic E-state index is 4.44. The van der Waals surface area contributed by atoms with Crippen LogP contribution in [0.2, 0.25) is 0 Å². The van der Waals surface area contributed by atoms with Gasteiger partial charge in [-0.3, -0.25) is 4.99 Å². The van der Waals surface area contributed by atoms with Gasteiger partial charge in [0, 0.05) is 11.3 Å². The van der Waals surface area contributed by atoms with Gasteiger partial charge in [0.25, 0.3) is 0 Å². The average Bonchev–Trinajstić information content (AvgIpc) is 2.52. The Morgan fingerprint density at radius 3 is 2.92 bits per heavy atom. The molecule has 12 heavy (non-hydrogen) atoms. The summed E-state index contributed by atoms with van der Waals surface area (Å²) in [5, 5.41) is 5.27. The molecule has 0 fully saturated rings. The van der Waals surface area contributed by atoms with Crippen molar-refractivity contribution in [3.05, 3.63) is 0 Å². The molecule has 0 saturated heterocycles. The first-order valence-electron chi connectivity index (χ1n) is 4.73. The van der Waals surface area contributed by atoms with Crippen LogP contribution in [0.5, 0.6) is 0 Å². The van der Waals surface area contributed by atoms with E-state index in [-0.39, 0.29) is 0 Å². The number of aliphatic imine (C=N–C) groups is 1. The summed E-state index contributed by atoms with van der Waals surface area (Å²) in [6.07, 6.45) is 2.39. The summed E-state index contributed by atoms with van der Waals surface area (Å²) in [6, 6.07) is 0.562. The SMILES string of the molecule is CCC(C)NC1=NCC(CC)S1. The van der Waals surface area contributed by atoms with E-state index < -0.39 is 0 Å². The fraction of sp³-hybridized carbons (Fsp3) is 0.889. The smallest absolute Gasteiger partial charge is 0.157 e. The topological polar surface area (TPSA) is 24.4 Å². The van der Waals surface area contributed by atoms with Crippen molar-refractivity contribution in [2.75, 3.05) is 6.54 Å². The largest absolute Gasteiger partial charge is 0.362 e. The third kappa shape index (κ3) is 2.70. The quantitative estimate of drug-likeness (QED) is 0.731. The van der Waals surface area contributed by atoms with Crippen LogP contribution in [-0.4, -0.2) is 23.0 Å². The number of nitrogens with one attached hydrogen (secondary N) is 1. The highest BCUT2D eigenvalue weighted by Gasteiger charge is 2.17. The van der Waals surface area contributed by atoms with Crippen molar-refractivity contribution in [2.45, 2.75) is 44.9 Å². The molecule has 0 bridgehead atoms. The molecule has 1 N–H and O–H groups in total. The summed E-state index contributed by atoms with van der Waals surface area (Å²) in [5.74, 6) is 0. The Bertz CT molecular complexity index is 168. The van der Waals surface area contributed by atoms with Gasteiger partial charge in [-0.1, -0.05) is 25.6 Å². The van der Waals surface area contributed by atoms with Crippen LogP contribution in [-0.2, 0) is 0 Å². The van der Waals surface area contributed by atoms with Crippen molar-refractivity contribution in [3.63, 3.8) is 0 Å². The van der Waals surface area contributed by atoms with Gasteiger partial charge in [0.15, 0.2) is 5.17 Å². The van der Waals surface area contributed by atoms with Crippen molar-refractivity contribution in [1.29, 1.82) is 0 Å². The minimum Gasteiger partial charge on any atom is -0.362 e. The number of amidine groups is 1. The van der Waals surface area contributed by atoms with Gasteiger partial charge in [0.05, 0.1) is 6.54 Å². The van der Waals surface area contributed by atoms with Crippen molar-refractivity contribution in [3.8, 4) is 0 Å². The summed E-state index contributed by atoms with van der Waals surface area (Å²) in [7, 11) is 0. The number of hydrogen-bond donors (Lipinski definition) is 1. The molecule has 0 aliphatic carbocycles. The van der Waals surface area contributed by atoms with E-state index in [9.17, 15) is 0 Å². The molecule has 0 spiro atoms. The van der Waals surface area contributed by atoms with Gasteiger partial charge < -0.3 is 5.32 Å². The van der Waals surface area contributed by atoms with Crippen LogP contribution in [0.1, 0.15) is 33.6 Å². The van der Waals surface area contributed by atoms with E-state index in [1.165, 1.54) is 6.42 Å². The van der Waals surface area contributed by atoms with Gasteiger partial charge >= 0.3 is 0 Å². The number of nitrogens with zero attached hydrogens (tertiary/aromatic N) is 1. The lowest BCUT2D eigenvalue weighted by atomic mass is 10.3. The van der Waals surface area contributed by atoms with Crippen LogP contribution >= 0.6 is 11.8 Å². The Hall–Kier alpha value is -0.180. The number of rotatable bonds is 3. The number of thioether (sulfide) groups is 1. The van der Waals surface area contributed by atoms with Crippen LogP contribution in [0.3, 0.4) is 0 Å². The van der Waals surface area contributed by atoms with Crippen molar-refractivity contribution in [2.24, 2.45) is 4.99 Å². The third-order valence-corrected chi connectivity index (χ3v) is 3.44. The van der Waals surface area contributed by atoms with E-state index in [1.54, 1.807) is 0 Å². The van der Waals surface area contributed by atoms with E-state index in [1.807, 2.05) is 11.8 Å². The molecular weight excluding hydrogens is 168 g/mol. The number of hydrogen-bond acceptors (Lipinski definition) is 3. The Morgan fingerprint density at radius 2 is 2.42 bits per heavy atom. The zero-order valence-corrected chi connectivity index (χ0v) is 8.95. The maximum atomic E-state index is 4.44. The minimum atomic E-state index is 0.562. The fourth-order valence-corrected chi connectivity index (χ4v) is 2.07. The van der Waals surface area contributed by atoms with Gasteiger partial charge in [0.2, 0.25) is 0 Å². The van der Waals surface area contributed by atoms with Crippen LogP contribution in [0.4, 0.5) is 0 Å². The van der Waals surface area contributed by atoms with Gasteiger partial charge in [-0.15, -0.1) is 0 Å². The zero-order valence-electron chi connectivity index (χ0n) is 8.13. The molecule has 0 aromatic heterocycles. The first-order chi connectivity index (χ1) is 5.76. The molecule has 2 unspecified atom stereocenters. The van der Waals surface area contributed by atoms with Gasteiger partial charge in [0.1, 0.15) is 0 Å². The molecule has 1 aliphatic rings. The standard InChI is InChI=1S/C9H18N2S/c1-4-7(3)11-9-10-6-8(5-2)12-9/h7-8H,4-6H2,1-3H3,(H,10,11). The lowest BCUT2D eigenvalue weighted by Crippen LogP contribution is -2.29. The fourth-order valence-electron chi connectivity index (χ4n) is 1.02. The molecule has 3 heteroatoms. The second-order valence-corrected chi connectivity index (χ2v) is 4.54. The van der Waals surface area contributed by atoms with Crippen molar-refractivity contribution >= 4 is 16.9 Å². The highest BCUT2D eigenvalue weighted by Crippen LogP contribution is 2.22. The van der Waals surface area contributed by atoms with Crippen LogP contribution < -0.4 is 5.32 Å².